The van der Waals surface area contributed by atoms with Crippen LogP contribution in [-0.4, -0.2) is 40.5 Å². The van der Waals surface area contributed by atoms with Crippen molar-refractivity contribution in [3.8, 4) is 0 Å². The Kier molecular flexibility index (Phi) is 3.34. The standard InChI is InChI=1S/C13H20N4/c1-5-15-13(11-2-3-11)9-17(7-1)8-12-4-6-14-10-16-12/h4,6,10-11,13,15H,1-3,5,7-9H2. The lowest BCUT2D eigenvalue weighted by Gasteiger charge is -2.23. The van der Waals surface area contributed by atoms with Crippen LogP contribution in [0.2, 0.25) is 0 Å². The molecule has 0 spiro atoms. The Morgan fingerprint density at radius 1 is 1.41 bits per heavy atom. The summed E-state index contributed by atoms with van der Waals surface area (Å²) in [5, 5.41) is 3.68. The second-order valence-corrected chi connectivity index (χ2v) is 5.19. The number of aromatic nitrogens is 2. The first kappa shape index (κ1) is 11.1. The Hall–Kier alpha value is -1.00. The SMILES string of the molecule is c1cc(CN2CCCNC(C3CC3)C2)ncn1. The minimum absolute atomic E-state index is 0.708. The van der Waals surface area contributed by atoms with Crippen LogP contribution in [0.1, 0.15) is 25.0 Å². The van der Waals surface area contributed by atoms with E-state index in [4.69, 9.17) is 0 Å². The van der Waals surface area contributed by atoms with Gasteiger partial charge in [-0.05, 0) is 44.3 Å². The number of nitrogens with zero attached hydrogens (tertiary/aromatic N) is 3. The van der Waals surface area contributed by atoms with Crippen molar-refractivity contribution in [1.29, 1.82) is 0 Å². The molecule has 17 heavy (non-hydrogen) atoms. The van der Waals surface area contributed by atoms with Gasteiger partial charge in [0, 0.05) is 25.3 Å². The smallest absolute Gasteiger partial charge is 0.115 e. The van der Waals surface area contributed by atoms with Crippen LogP contribution in [0.3, 0.4) is 0 Å². The van der Waals surface area contributed by atoms with Gasteiger partial charge in [-0.15, -0.1) is 0 Å². The largest absolute Gasteiger partial charge is 0.312 e. The van der Waals surface area contributed by atoms with Crippen molar-refractivity contribution in [2.75, 3.05) is 19.6 Å². The molecule has 2 fully saturated rings. The van der Waals surface area contributed by atoms with E-state index in [2.05, 4.69) is 20.2 Å². The van der Waals surface area contributed by atoms with Gasteiger partial charge in [-0.2, -0.15) is 0 Å². The second-order valence-electron chi connectivity index (χ2n) is 5.19. The van der Waals surface area contributed by atoms with Gasteiger partial charge in [-0.3, -0.25) is 4.90 Å². The van der Waals surface area contributed by atoms with Crippen molar-refractivity contribution in [2.45, 2.75) is 31.8 Å². The first-order chi connectivity index (χ1) is 8.42. The highest BCUT2D eigenvalue weighted by atomic mass is 15.2. The van der Waals surface area contributed by atoms with Gasteiger partial charge < -0.3 is 5.32 Å². The molecule has 1 unspecified atom stereocenters. The molecule has 3 rings (SSSR count). The van der Waals surface area contributed by atoms with Crippen LogP contribution >= 0.6 is 0 Å². The van der Waals surface area contributed by atoms with E-state index in [-0.39, 0.29) is 0 Å². The molecule has 1 saturated heterocycles. The minimum Gasteiger partial charge on any atom is -0.312 e. The lowest BCUT2D eigenvalue weighted by molar-refractivity contribution is 0.248. The van der Waals surface area contributed by atoms with Crippen molar-refractivity contribution in [3.63, 3.8) is 0 Å². The van der Waals surface area contributed by atoms with E-state index in [1.54, 1.807) is 6.33 Å². The first-order valence-corrected chi connectivity index (χ1v) is 6.62. The van der Waals surface area contributed by atoms with E-state index >= 15 is 0 Å². The molecule has 4 heteroatoms. The molecule has 0 radical (unpaired) electrons. The van der Waals surface area contributed by atoms with E-state index in [0.29, 0.717) is 6.04 Å². The van der Waals surface area contributed by atoms with Crippen LogP contribution in [-0.2, 0) is 6.54 Å². The molecule has 1 aliphatic heterocycles. The van der Waals surface area contributed by atoms with Gasteiger partial charge in [-0.1, -0.05) is 0 Å². The molecule has 1 aliphatic carbocycles. The van der Waals surface area contributed by atoms with Crippen molar-refractivity contribution in [2.24, 2.45) is 5.92 Å². The number of hydrogen-bond acceptors (Lipinski definition) is 4. The van der Waals surface area contributed by atoms with E-state index < -0.39 is 0 Å². The summed E-state index contributed by atoms with van der Waals surface area (Å²) in [6.45, 7) is 4.49. The summed E-state index contributed by atoms with van der Waals surface area (Å²) in [4.78, 5) is 10.8. The van der Waals surface area contributed by atoms with Crippen molar-refractivity contribution < 1.29 is 0 Å². The predicted molar refractivity (Wildman–Crippen MR) is 66.4 cm³/mol. The first-order valence-electron chi connectivity index (χ1n) is 6.62. The van der Waals surface area contributed by atoms with Crippen LogP contribution in [0.15, 0.2) is 18.6 Å². The van der Waals surface area contributed by atoms with Gasteiger partial charge in [0.25, 0.3) is 0 Å². The molecule has 1 aromatic rings. The lowest BCUT2D eigenvalue weighted by atomic mass is 10.2. The van der Waals surface area contributed by atoms with E-state index in [1.165, 1.54) is 38.9 Å². The monoisotopic (exact) mass is 232 g/mol. The van der Waals surface area contributed by atoms with Crippen LogP contribution in [0.25, 0.3) is 0 Å². The highest BCUT2D eigenvalue weighted by Gasteiger charge is 2.32. The predicted octanol–water partition coefficient (Wildman–Crippen LogP) is 1.05. The lowest BCUT2D eigenvalue weighted by Crippen LogP contribution is -2.39. The molecule has 1 saturated carbocycles. The molecular weight excluding hydrogens is 212 g/mol. The average Bonchev–Trinajstić information content (AvgIpc) is 3.16. The van der Waals surface area contributed by atoms with E-state index in [0.717, 1.165) is 18.2 Å². The van der Waals surface area contributed by atoms with Crippen molar-refractivity contribution in [1.82, 2.24) is 20.2 Å². The molecule has 92 valence electrons. The fourth-order valence-corrected chi connectivity index (χ4v) is 2.62. The van der Waals surface area contributed by atoms with Gasteiger partial charge >= 0.3 is 0 Å². The maximum atomic E-state index is 4.32. The Morgan fingerprint density at radius 3 is 3.12 bits per heavy atom. The van der Waals surface area contributed by atoms with Gasteiger partial charge in [0.2, 0.25) is 0 Å². The number of rotatable bonds is 3. The third kappa shape index (κ3) is 3.01. The third-order valence-corrected chi connectivity index (χ3v) is 3.73. The highest BCUT2D eigenvalue weighted by molar-refractivity contribution is 4.99. The minimum atomic E-state index is 0.708. The number of nitrogens with one attached hydrogen (secondary N) is 1. The normalized spacial score (nSPS) is 26.7. The van der Waals surface area contributed by atoms with Crippen LogP contribution < -0.4 is 5.32 Å². The summed E-state index contributed by atoms with van der Waals surface area (Å²) in [5.41, 5.74) is 1.14. The van der Waals surface area contributed by atoms with Gasteiger partial charge in [0.15, 0.2) is 0 Å². The average molecular weight is 232 g/mol. The zero-order chi connectivity index (χ0) is 11.5. The van der Waals surface area contributed by atoms with Crippen LogP contribution in [0.5, 0.6) is 0 Å². The van der Waals surface area contributed by atoms with Gasteiger partial charge in [0.1, 0.15) is 6.33 Å². The van der Waals surface area contributed by atoms with Crippen molar-refractivity contribution >= 4 is 0 Å². The van der Waals surface area contributed by atoms with Crippen LogP contribution in [0, 0.1) is 5.92 Å². The number of hydrogen-bond donors (Lipinski definition) is 1. The van der Waals surface area contributed by atoms with Crippen molar-refractivity contribution in [3.05, 3.63) is 24.3 Å². The molecule has 1 N–H and O–H groups in total. The third-order valence-electron chi connectivity index (χ3n) is 3.73. The summed E-state index contributed by atoms with van der Waals surface area (Å²) in [6.07, 6.45) is 7.55. The molecule has 0 bridgehead atoms. The molecule has 1 aromatic heterocycles. The highest BCUT2D eigenvalue weighted by Crippen LogP contribution is 2.33. The maximum absolute atomic E-state index is 4.32. The molecular formula is C13H20N4. The van der Waals surface area contributed by atoms with Crippen LogP contribution in [0.4, 0.5) is 0 Å². The molecule has 4 nitrogen and oxygen atoms in total. The Morgan fingerprint density at radius 2 is 2.35 bits per heavy atom. The zero-order valence-electron chi connectivity index (χ0n) is 10.2. The molecule has 2 aliphatic rings. The molecule has 0 amide bonds. The molecule has 2 heterocycles. The molecule has 0 aromatic carbocycles. The second kappa shape index (κ2) is 5.10. The Bertz CT molecular complexity index is 350. The fourth-order valence-electron chi connectivity index (χ4n) is 2.62. The molecule has 1 atom stereocenters. The maximum Gasteiger partial charge on any atom is 0.115 e. The summed E-state index contributed by atoms with van der Waals surface area (Å²) in [5.74, 6) is 0.931. The summed E-state index contributed by atoms with van der Waals surface area (Å²) >= 11 is 0. The van der Waals surface area contributed by atoms with Gasteiger partial charge in [0.05, 0.1) is 5.69 Å². The zero-order valence-corrected chi connectivity index (χ0v) is 10.2. The van der Waals surface area contributed by atoms with E-state index in [1.807, 2.05) is 12.3 Å². The summed E-state index contributed by atoms with van der Waals surface area (Å²) in [6, 6.07) is 2.73. The van der Waals surface area contributed by atoms with Gasteiger partial charge in [-0.25, -0.2) is 9.97 Å². The quantitative estimate of drug-likeness (QED) is 0.846. The topological polar surface area (TPSA) is 41.0 Å². The summed E-state index contributed by atoms with van der Waals surface area (Å²) < 4.78 is 0. The summed E-state index contributed by atoms with van der Waals surface area (Å²) in [7, 11) is 0. The van der Waals surface area contributed by atoms with E-state index in [9.17, 15) is 0 Å². The Balaban J connectivity index is 1.61. The Labute approximate surface area is 102 Å². The fraction of sp³-hybridized carbons (Fsp3) is 0.692.